The summed E-state index contributed by atoms with van der Waals surface area (Å²) in [6.07, 6.45) is 0.782. The van der Waals surface area contributed by atoms with E-state index in [4.69, 9.17) is 21.1 Å². The summed E-state index contributed by atoms with van der Waals surface area (Å²) in [6, 6.07) is 14.9. The van der Waals surface area contributed by atoms with Gasteiger partial charge in [0.15, 0.2) is 0 Å². The molecule has 0 spiro atoms. The van der Waals surface area contributed by atoms with Crippen LogP contribution >= 0.6 is 11.6 Å². The highest BCUT2D eigenvalue weighted by atomic mass is 35.5. The van der Waals surface area contributed by atoms with E-state index in [0.717, 1.165) is 23.5 Å². The summed E-state index contributed by atoms with van der Waals surface area (Å²) in [7, 11) is 3.56. The van der Waals surface area contributed by atoms with E-state index in [1.165, 1.54) is 0 Å². The molecule has 0 saturated heterocycles. The Balaban J connectivity index is 1.68. The third kappa shape index (κ3) is 7.12. The Morgan fingerprint density at radius 1 is 1.19 bits per heavy atom. The monoisotopic (exact) mass is 390 g/mol. The molecule has 0 saturated carbocycles. The van der Waals surface area contributed by atoms with Crippen LogP contribution in [-0.2, 0) is 11.2 Å². The number of benzene rings is 2. The minimum atomic E-state index is -0.233. The van der Waals surface area contributed by atoms with E-state index >= 15 is 0 Å². The van der Waals surface area contributed by atoms with Gasteiger partial charge >= 0.3 is 0 Å². The molecule has 0 aliphatic rings. The molecule has 1 amide bonds. The van der Waals surface area contributed by atoms with E-state index in [-0.39, 0.29) is 11.9 Å². The average molecular weight is 391 g/mol. The van der Waals surface area contributed by atoms with Crippen LogP contribution in [-0.4, -0.2) is 50.7 Å². The molecule has 0 heterocycles. The summed E-state index contributed by atoms with van der Waals surface area (Å²) in [5.74, 6) is 1.57. The lowest BCUT2D eigenvalue weighted by Crippen LogP contribution is -2.45. The maximum atomic E-state index is 12.3. The van der Waals surface area contributed by atoms with E-state index in [0.29, 0.717) is 24.7 Å². The van der Waals surface area contributed by atoms with Crippen molar-refractivity contribution in [1.29, 1.82) is 0 Å². The van der Waals surface area contributed by atoms with Crippen LogP contribution in [0.5, 0.6) is 11.5 Å². The Kier molecular flexibility index (Phi) is 8.43. The van der Waals surface area contributed by atoms with Crippen molar-refractivity contribution in [2.24, 2.45) is 0 Å². The third-order valence-corrected chi connectivity index (χ3v) is 4.66. The minimum absolute atomic E-state index is 0.00812. The highest BCUT2D eigenvalue weighted by Gasteiger charge is 2.17. The molecule has 0 aromatic heterocycles. The highest BCUT2D eigenvalue weighted by Crippen LogP contribution is 2.17. The Hall–Kier alpha value is -2.24. The van der Waals surface area contributed by atoms with E-state index in [1.54, 1.807) is 19.2 Å². The van der Waals surface area contributed by atoms with Crippen molar-refractivity contribution in [3.05, 3.63) is 59.1 Å². The van der Waals surface area contributed by atoms with Gasteiger partial charge < -0.3 is 14.8 Å². The van der Waals surface area contributed by atoms with Crippen LogP contribution in [0.2, 0.25) is 5.02 Å². The standard InChI is InChI=1S/C21H27ClN2O3/c1-16(24(2)13-14-27-20-6-4-5-18(22)15-20)21(25)23-12-11-17-7-9-19(26-3)10-8-17/h4-10,15-16H,11-14H2,1-3H3,(H,23,25). The quantitative estimate of drug-likeness (QED) is 0.675. The normalized spacial score (nSPS) is 11.9. The van der Waals surface area contributed by atoms with Crippen molar-refractivity contribution >= 4 is 17.5 Å². The van der Waals surface area contributed by atoms with E-state index < -0.39 is 0 Å². The van der Waals surface area contributed by atoms with Crippen LogP contribution in [0.15, 0.2) is 48.5 Å². The average Bonchev–Trinajstić information content (AvgIpc) is 2.67. The number of ether oxygens (including phenoxy) is 2. The molecule has 27 heavy (non-hydrogen) atoms. The Bertz CT molecular complexity index is 722. The Labute approximate surface area is 166 Å². The third-order valence-electron chi connectivity index (χ3n) is 4.42. The second-order valence-electron chi connectivity index (χ2n) is 6.35. The number of rotatable bonds is 10. The van der Waals surface area contributed by atoms with E-state index in [1.807, 2.05) is 55.3 Å². The molecule has 146 valence electrons. The number of carbonyl (C=O) groups is 1. The number of hydrogen-bond donors (Lipinski definition) is 1. The summed E-state index contributed by atoms with van der Waals surface area (Å²) in [6.45, 7) is 3.62. The molecular formula is C21H27ClN2O3. The molecule has 2 rings (SSSR count). The van der Waals surface area contributed by atoms with E-state index in [9.17, 15) is 4.79 Å². The first kappa shape index (κ1) is 21.1. The van der Waals surface area contributed by atoms with Gasteiger partial charge in [-0.05, 0) is 56.3 Å². The Morgan fingerprint density at radius 3 is 2.59 bits per heavy atom. The van der Waals surface area contributed by atoms with Gasteiger partial charge in [0.1, 0.15) is 18.1 Å². The predicted octanol–water partition coefficient (Wildman–Crippen LogP) is 3.41. The number of hydrogen-bond acceptors (Lipinski definition) is 4. The number of carbonyl (C=O) groups excluding carboxylic acids is 1. The molecule has 2 aromatic rings. The van der Waals surface area contributed by atoms with Gasteiger partial charge in [0.2, 0.25) is 5.91 Å². The van der Waals surface area contributed by atoms with Crippen LogP contribution in [0.1, 0.15) is 12.5 Å². The van der Waals surface area contributed by atoms with Gasteiger partial charge in [0.05, 0.1) is 13.2 Å². The van der Waals surface area contributed by atoms with Crippen LogP contribution in [0.25, 0.3) is 0 Å². The van der Waals surface area contributed by atoms with Crippen molar-refractivity contribution in [3.63, 3.8) is 0 Å². The number of likely N-dealkylation sites (N-methyl/N-ethyl adjacent to an activating group) is 1. The summed E-state index contributed by atoms with van der Waals surface area (Å²) in [5.41, 5.74) is 1.16. The van der Waals surface area contributed by atoms with Gasteiger partial charge in [0.25, 0.3) is 0 Å². The van der Waals surface area contributed by atoms with Crippen molar-refractivity contribution < 1.29 is 14.3 Å². The number of methoxy groups -OCH3 is 1. The Morgan fingerprint density at radius 2 is 1.93 bits per heavy atom. The number of halogens is 1. The second kappa shape index (κ2) is 10.8. The fourth-order valence-corrected chi connectivity index (χ4v) is 2.71. The zero-order valence-electron chi connectivity index (χ0n) is 16.1. The second-order valence-corrected chi connectivity index (χ2v) is 6.79. The first-order chi connectivity index (χ1) is 13.0. The van der Waals surface area contributed by atoms with Gasteiger partial charge in [-0.2, -0.15) is 0 Å². The zero-order valence-corrected chi connectivity index (χ0v) is 16.8. The molecule has 1 unspecified atom stereocenters. The van der Waals surface area contributed by atoms with Crippen molar-refractivity contribution in [3.8, 4) is 11.5 Å². The van der Waals surface area contributed by atoms with E-state index in [2.05, 4.69) is 5.32 Å². The van der Waals surface area contributed by atoms with Gasteiger partial charge in [-0.1, -0.05) is 29.8 Å². The lowest BCUT2D eigenvalue weighted by Gasteiger charge is -2.23. The molecule has 2 aromatic carbocycles. The smallest absolute Gasteiger partial charge is 0.237 e. The lowest BCUT2D eigenvalue weighted by molar-refractivity contribution is -0.125. The van der Waals surface area contributed by atoms with Gasteiger partial charge in [-0.3, -0.25) is 9.69 Å². The topological polar surface area (TPSA) is 50.8 Å². The molecule has 1 atom stereocenters. The van der Waals surface area contributed by atoms with Crippen LogP contribution in [0.4, 0.5) is 0 Å². The minimum Gasteiger partial charge on any atom is -0.497 e. The molecule has 0 fully saturated rings. The van der Waals surface area contributed by atoms with Gasteiger partial charge in [-0.15, -0.1) is 0 Å². The first-order valence-corrected chi connectivity index (χ1v) is 9.36. The molecule has 1 N–H and O–H groups in total. The molecule has 0 aliphatic carbocycles. The highest BCUT2D eigenvalue weighted by molar-refractivity contribution is 6.30. The number of amides is 1. The fourth-order valence-electron chi connectivity index (χ4n) is 2.53. The fraction of sp³-hybridized carbons (Fsp3) is 0.381. The molecule has 5 nitrogen and oxygen atoms in total. The maximum Gasteiger partial charge on any atom is 0.237 e. The molecule has 0 radical (unpaired) electrons. The zero-order chi connectivity index (χ0) is 19.6. The van der Waals surface area contributed by atoms with Crippen LogP contribution in [0.3, 0.4) is 0 Å². The lowest BCUT2D eigenvalue weighted by atomic mass is 10.1. The van der Waals surface area contributed by atoms with Crippen molar-refractivity contribution in [2.75, 3.05) is 33.9 Å². The summed E-state index contributed by atoms with van der Waals surface area (Å²) in [5, 5.41) is 3.63. The van der Waals surface area contributed by atoms with Crippen molar-refractivity contribution in [2.45, 2.75) is 19.4 Å². The number of nitrogens with zero attached hydrogens (tertiary/aromatic N) is 1. The van der Waals surface area contributed by atoms with Crippen molar-refractivity contribution in [1.82, 2.24) is 10.2 Å². The molecule has 0 bridgehead atoms. The van der Waals surface area contributed by atoms with Gasteiger partial charge in [0, 0.05) is 18.1 Å². The molecule has 0 aliphatic heterocycles. The van der Waals surface area contributed by atoms with Crippen LogP contribution < -0.4 is 14.8 Å². The molecule has 6 heteroatoms. The SMILES string of the molecule is COc1ccc(CCNC(=O)C(C)N(C)CCOc2cccc(Cl)c2)cc1. The first-order valence-electron chi connectivity index (χ1n) is 8.99. The summed E-state index contributed by atoms with van der Waals surface area (Å²) < 4.78 is 10.8. The molecular weight excluding hydrogens is 364 g/mol. The maximum absolute atomic E-state index is 12.3. The van der Waals surface area contributed by atoms with Gasteiger partial charge in [-0.25, -0.2) is 0 Å². The predicted molar refractivity (Wildman–Crippen MR) is 109 cm³/mol. The van der Waals surface area contributed by atoms with Crippen LogP contribution in [0, 0.1) is 0 Å². The summed E-state index contributed by atoms with van der Waals surface area (Å²) >= 11 is 5.94. The largest absolute Gasteiger partial charge is 0.497 e. The summed E-state index contributed by atoms with van der Waals surface area (Å²) in [4.78, 5) is 14.3. The number of nitrogens with one attached hydrogen (secondary N) is 1.